The summed E-state index contributed by atoms with van der Waals surface area (Å²) in [5.74, 6) is -1.06. The van der Waals surface area contributed by atoms with Crippen molar-refractivity contribution in [3.8, 4) is 0 Å². The van der Waals surface area contributed by atoms with Gasteiger partial charge in [-0.3, -0.25) is 9.59 Å². The van der Waals surface area contributed by atoms with Crippen LogP contribution in [0.15, 0.2) is 78.9 Å². The second-order valence-electron chi connectivity index (χ2n) is 6.51. The largest absolute Gasteiger partial charge is 0.481 e. The predicted molar refractivity (Wildman–Crippen MR) is 110 cm³/mol. The molecule has 0 unspecified atom stereocenters. The second kappa shape index (κ2) is 7.40. The van der Waals surface area contributed by atoms with Crippen LogP contribution in [0.4, 0.5) is 11.4 Å². The third-order valence-electron chi connectivity index (χ3n) is 4.54. The second-order valence-corrected chi connectivity index (χ2v) is 6.51. The monoisotopic (exact) mass is 370 g/mol. The summed E-state index contributed by atoms with van der Waals surface area (Å²) in [6, 6.07) is 24.4. The van der Waals surface area contributed by atoms with Crippen LogP contribution in [0.3, 0.4) is 0 Å². The van der Waals surface area contributed by atoms with Gasteiger partial charge in [-0.25, -0.2) is 0 Å². The summed E-state index contributed by atoms with van der Waals surface area (Å²) in [4.78, 5) is 23.8. The maximum absolute atomic E-state index is 12.8. The van der Waals surface area contributed by atoms with Crippen LogP contribution in [0, 0.1) is 0 Å². The van der Waals surface area contributed by atoms with Crippen molar-refractivity contribution >= 4 is 34.5 Å². The summed E-state index contributed by atoms with van der Waals surface area (Å²) in [7, 11) is 0. The molecule has 5 nitrogen and oxygen atoms in total. The van der Waals surface area contributed by atoms with Crippen LogP contribution in [0.1, 0.15) is 16.7 Å². The van der Waals surface area contributed by atoms with Gasteiger partial charge in [0.15, 0.2) is 0 Å². The van der Waals surface area contributed by atoms with Crippen molar-refractivity contribution in [2.24, 2.45) is 0 Å². The van der Waals surface area contributed by atoms with E-state index in [0.29, 0.717) is 16.8 Å². The summed E-state index contributed by atoms with van der Waals surface area (Å²) in [5.41, 5.74) is 5.13. The Morgan fingerprint density at radius 2 is 1.68 bits per heavy atom. The maximum atomic E-state index is 12.8. The molecule has 5 heteroatoms. The first kappa shape index (κ1) is 17.5. The first-order chi connectivity index (χ1) is 13.6. The zero-order valence-corrected chi connectivity index (χ0v) is 15.0. The van der Waals surface area contributed by atoms with Crippen LogP contribution < -0.4 is 10.6 Å². The molecule has 3 aromatic rings. The Morgan fingerprint density at radius 3 is 2.46 bits per heavy atom. The van der Waals surface area contributed by atoms with Gasteiger partial charge in [-0.1, -0.05) is 60.7 Å². The first-order valence-electron chi connectivity index (χ1n) is 8.90. The quantitative estimate of drug-likeness (QED) is 0.587. The number of rotatable bonds is 5. The van der Waals surface area contributed by atoms with Crippen molar-refractivity contribution in [3.05, 3.63) is 95.6 Å². The molecule has 1 heterocycles. The number of benzene rings is 3. The lowest BCUT2D eigenvalue weighted by Crippen LogP contribution is -2.10. The van der Waals surface area contributed by atoms with E-state index >= 15 is 0 Å². The van der Waals surface area contributed by atoms with Crippen LogP contribution in [-0.2, 0) is 16.0 Å². The van der Waals surface area contributed by atoms with Crippen molar-refractivity contribution in [2.75, 3.05) is 10.6 Å². The van der Waals surface area contributed by atoms with Crippen LogP contribution in [-0.4, -0.2) is 17.0 Å². The molecular formula is C23H18N2O3. The number of carbonyl (C=O) groups is 2. The summed E-state index contributed by atoms with van der Waals surface area (Å²) in [5, 5.41) is 15.3. The fourth-order valence-corrected chi connectivity index (χ4v) is 3.33. The molecule has 0 saturated heterocycles. The van der Waals surface area contributed by atoms with Crippen molar-refractivity contribution < 1.29 is 14.7 Å². The third kappa shape index (κ3) is 3.50. The number of fused-ring (bicyclic) bond motifs is 1. The van der Waals surface area contributed by atoms with Crippen LogP contribution in [0.25, 0.3) is 11.3 Å². The Hall–Kier alpha value is -3.86. The molecule has 28 heavy (non-hydrogen) atoms. The minimum atomic E-state index is -0.886. The highest BCUT2D eigenvalue weighted by Gasteiger charge is 2.28. The SMILES string of the molecule is O=C(O)Cc1cccc(N/C(=C2\C(=O)Nc3ccccc32)c2ccccc2)c1. The van der Waals surface area contributed by atoms with Crippen molar-refractivity contribution in [1.82, 2.24) is 0 Å². The zero-order valence-electron chi connectivity index (χ0n) is 15.0. The number of hydrogen-bond acceptors (Lipinski definition) is 3. The van der Waals surface area contributed by atoms with Gasteiger partial charge in [0.1, 0.15) is 0 Å². The van der Waals surface area contributed by atoms with Crippen LogP contribution >= 0.6 is 0 Å². The van der Waals surface area contributed by atoms with Gasteiger partial charge in [0.05, 0.1) is 17.7 Å². The number of anilines is 2. The number of hydrogen-bond donors (Lipinski definition) is 3. The van der Waals surface area contributed by atoms with Gasteiger partial charge >= 0.3 is 5.97 Å². The molecule has 0 saturated carbocycles. The summed E-state index contributed by atoms with van der Waals surface area (Å²) >= 11 is 0. The van der Waals surface area contributed by atoms with Gasteiger partial charge in [0.2, 0.25) is 0 Å². The number of aliphatic carboxylic acids is 1. The van der Waals surface area contributed by atoms with E-state index in [-0.39, 0.29) is 12.3 Å². The Balaban J connectivity index is 1.83. The van der Waals surface area contributed by atoms with Crippen LogP contribution in [0.5, 0.6) is 0 Å². The van der Waals surface area contributed by atoms with Gasteiger partial charge in [-0.05, 0) is 29.3 Å². The number of nitrogens with one attached hydrogen (secondary N) is 2. The molecule has 0 aromatic heterocycles. The molecule has 138 valence electrons. The smallest absolute Gasteiger partial charge is 0.307 e. The number of para-hydroxylation sites is 1. The summed E-state index contributed by atoms with van der Waals surface area (Å²) in [6.07, 6.45) is -0.0594. The van der Waals surface area contributed by atoms with Crippen molar-refractivity contribution in [1.29, 1.82) is 0 Å². The number of amides is 1. The molecule has 4 rings (SSSR count). The fourth-order valence-electron chi connectivity index (χ4n) is 3.33. The highest BCUT2D eigenvalue weighted by Crippen LogP contribution is 2.37. The third-order valence-corrected chi connectivity index (χ3v) is 4.54. The molecule has 0 spiro atoms. The number of carboxylic acids is 1. The van der Waals surface area contributed by atoms with Gasteiger partial charge in [-0.2, -0.15) is 0 Å². The lowest BCUT2D eigenvalue weighted by molar-refractivity contribution is -0.136. The van der Waals surface area contributed by atoms with E-state index in [1.54, 1.807) is 18.2 Å². The predicted octanol–water partition coefficient (Wildman–Crippen LogP) is 4.25. The van der Waals surface area contributed by atoms with Gasteiger partial charge in [0.25, 0.3) is 5.91 Å². The Kier molecular flexibility index (Phi) is 4.64. The highest BCUT2D eigenvalue weighted by atomic mass is 16.4. The lowest BCUT2D eigenvalue weighted by Gasteiger charge is -2.15. The molecule has 3 aromatic carbocycles. The molecule has 0 aliphatic carbocycles. The van der Waals surface area contributed by atoms with Gasteiger partial charge < -0.3 is 15.7 Å². The highest BCUT2D eigenvalue weighted by molar-refractivity contribution is 6.37. The van der Waals surface area contributed by atoms with Crippen molar-refractivity contribution in [2.45, 2.75) is 6.42 Å². The van der Waals surface area contributed by atoms with E-state index in [4.69, 9.17) is 5.11 Å². The van der Waals surface area contributed by atoms with Crippen LogP contribution in [0.2, 0.25) is 0 Å². The van der Waals surface area contributed by atoms with Crippen molar-refractivity contribution in [3.63, 3.8) is 0 Å². The molecule has 0 radical (unpaired) electrons. The summed E-state index contributed by atoms with van der Waals surface area (Å²) in [6.45, 7) is 0. The molecule has 0 bridgehead atoms. The van der Waals surface area contributed by atoms with Gasteiger partial charge in [-0.15, -0.1) is 0 Å². The first-order valence-corrected chi connectivity index (χ1v) is 8.90. The summed E-state index contributed by atoms with van der Waals surface area (Å²) < 4.78 is 0. The van der Waals surface area contributed by atoms with E-state index in [1.807, 2.05) is 60.7 Å². The van der Waals surface area contributed by atoms with E-state index < -0.39 is 5.97 Å². The molecule has 3 N–H and O–H groups in total. The van der Waals surface area contributed by atoms with E-state index in [1.165, 1.54) is 0 Å². The standard InChI is InChI=1S/C23H18N2O3/c26-20(27)14-15-7-6-10-17(13-15)24-22(16-8-2-1-3-9-16)21-18-11-4-5-12-19(18)25-23(21)28/h1-13,24H,14H2,(H,25,28)(H,26,27)/b22-21-. The number of carbonyl (C=O) groups excluding carboxylic acids is 1. The van der Waals surface area contributed by atoms with E-state index in [2.05, 4.69) is 10.6 Å². The normalized spacial score (nSPS) is 14.2. The molecule has 1 aliphatic rings. The lowest BCUT2D eigenvalue weighted by atomic mass is 10.00. The molecule has 1 amide bonds. The Morgan fingerprint density at radius 1 is 0.929 bits per heavy atom. The minimum Gasteiger partial charge on any atom is -0.481 e. The molecular weight excluding hydrogens is 352 g/mol. The Labute approximate surface area is 162 Å². The van der Waals surface area contributed by atoms with E-state index in [0.717, 1.165) is 22.5 Å². The zero-order chi connectivity index (χ0) is 19.5. The molecule has 0 fully saturated rings. The Bertz CT molecular complexity index is 1090. The average Bonchev–Trinajstić information content (AvgIpc) is 3.02. The minimum absolute atomic E-state index is 0.0594. The average molecular weight is 370 g/mol. The molecule has 1 aliphatic heterocycles. The molecule has 0 atom stereocenters. The topological polar surface area (TPSA) is 78.4 Å². The fraction of sp³-hybridized carbons (Fsp3) is 0.0435. The number of carboxylic acid groups (broad SMARTS) is 1. The van der Waals surface area contributed by atoms with E-state index in [9.17, 15) is 9.59 Å². The van der Waals surface area contributed by atoms with Gasteiger partial charge in [0, 0.05) is 16.9 Å². The maximum Gasteiger partial charge on any atom is 0.307 e.